The molecular weight excluding hydrogens is 669 g/mol. The first-order valence-electron chi connectivity index (χ1n) is 15.5. The average Bonchev–Trinajstić information content (AvgIpc) is 3.56. The summed E-state index contributed by atoms with van der Waals surface area (Å²) in [5.41, 5.74) is -2.60. The topological polar surface area (TPSA) is 48.9 Å². The van der Waals surface area contributed by atoms with Gasteiger partial charge in [-0.05, 0) is 87.2 Å². The lowest BCUT2D eigenvalue weighted by molar-refractivity contribution is -0.143. The second-order valence-electron chi connectivity index (χ2n) is 12.1. The van der Waals surface area contributed by atoms with Crippen molar-refractivity contribution in [3.63, 3.8) is 0 Å². The van der Waals surface area contributed by atoms with Gasteiger partial charge in [0.2, 0.25) is 0 Å². The van der Waals surface area contributed by atoms with Gasteiger partial charge < -0.3 is 19.4 Å². The van der Waals surface area contributed by atoms with Gasteiger partial charge in [-0.1, -0.05) is 23.2 Å². The van der Waals surface area contributed by atoms with Crippen LogP contribution in [0.3, 0.4) is 0 Å². The number of hydrogen-bond acceptors (Lipinski definition) is 5. The molecule has 2 saturated heterocycles. The third-order valence-electron chi connectivity index (χ3n) is 8.95. The van der Waals surface area contributed by atoms with Crippen LogP contribution >= 0.6 is 23.2 Å². The van der Waals surface area contributed by atoms with Gasteiger partial charge in [0, 0.05) is 48.9 Å². The number of rotatable bonds is 5. The monoisotopic (exact) mass is 700 g/mol. The first-order valence-corrected chi connectivity index (χ1v) is 16.2. The maximum Gasteiger partial charge on any atom is 0.416 e. The molecule has 0 aliphatic carbocycles. The number of carbonyl (C=O) groups excluding carboxylic acids is 1. The van der Waals surface area contributed by atoms with Crippen LogP contribution in [0.4, 0.5) is 32.2 Å². The van der Waals surface area contributed by atoms with E-state index in [9.17, 15) is 31.1 Å². The highest BCUT2D eigenvalue weighted by atomic mass is 35.5. The number of carbonyl (C=O) groups is 1. The molecule has 0 radical (unpaired) electrons. The van der Waals surface area contributed by atoms with E-state index in [0.717, 1.165) is 39.0 Å². The number of piperidine rings is 1. The van der Waals surface area contributed by atoms with Gasteiger partial charge in [-0.3, -0.25) is 4.79 Å². The molecule has 47 heavy (non-hydrogen) atoms. The Morgan fingerprint density at radius 3 is 2.11 bits per heavy atom. The highest BCUT2D eigenvalue weighted by Crippen LogP contribution is 2.41. The van der Waals surface area contributed by atoms with Gasteiger partial charge in [-0.2, -0.15) is 26.3 Å². The van der Waals surface area contributed by atoms with E-state index in [1.54, 1.807) is 18.2 Å². The summed E-state index contributed by atoms with van der Waals surface area (Å²) in [5.74, 6) is 0.142. The second-order valence-corrected chi connectivity index (χ2v) is 13.0. The molecular formula is C33H32Cl2F6N4O2. The summed E-state index contributed by atoms with van der Waals surface area (Å²) >= 11 is 12.8. The molecule has 0 N–H and O–H groups in total. The van der Waals surface area contributed by atoms with E-state index in [4.69, 9.17) is 32.9 Å². The number of benzene rings is 2. The summed E-state index contributed by atoms with van der Waals surface area (Å²) < 4.78 is 87.7. The minimum Gasteiger partial charge on any atom is -0.492 e. The smallest absolute Gasteiger partial charge is 0.416 e. The molecule has 3 aromatic rings. The molecule has 4 heterocycles. The Morgan fingerprint density at radius 1 is 0.830 bits per heavy atom. The lowest BCUT2D eigenvalue weighted by atomic mass is 10.00. The average molecular weight is 702 g/mol. The standard InChI is InChI=1S/C33H32Cl2F6N4O2/c34-23-4-5-25(26(35)17-23)30-29-27(18-28(42-30)44-11-6-24(7-12-44)43-8-1-2-9-43)47-13-3-10-45(31(29)46)19-20-14-21(32(36,37)38)16-22(15-20)33(39,40)41/h4-5,14-18,24H,1-3,6-13,19H2. The molecule has 1 aromatic heterocycles. The van der Waals surface area contributed by atoms with Gasteiger partial charge >= 0.3 is 12.4 Å². The molecule has 0 spiro atoms. The van der Waals surface area contributed by atoms with E-state index >= 15 is 0 Å². The van der Waals surface area contributed by atoms with Crippen molar-refractivity contribution < 1.29 is 35.9 Å². The van der Waals surface area contributed by atoms with E-state index in [1.807, 2.05) is 0 Å². The zero-order valence-electron chi connectivity index (χ0n) is 25.2. The van der Waals surface area contributed by atoms with Crippen molar-refractivity contribution in [2.45, 2.75) is 57.0 Å². The van der Waals surface area contributed by atoms with Crippen LogP contribution in [0.15, 0.2) is 42.5 Å². The molecule has 0 bridgehead atoms. The van der Waals surface area contributed by atoms with Gasteiger partial charge in [0.25, 0.3) is 5.91 Å². The molecule has 1 amide bonds. The summed E-state index contributed by atoms with van der Waals surface area (Å²) in [7, 11) is 0. The van der Waals surface area contributed by atoms with Crippen molar-refractivity contribution in [1.29, 1.82) is 0 Å². The number of amides is 1. The first-order chi connectivity index (χ1) is 22.3. The van der Waals surface area contributed by atoms with Crippen LogP contribution in [-0.2, 0) is 18.9 Å². The molecule has 252 valence electrons. The van der Waals surface area contributed by atoms with Crippen LogP contribution in [0, 0.1) is 0 Å². The quantitative estimate of drug-likeness (QED) is 0.250. The zero-order valence-corrected chi connectivity index (χ0v) is 26.7. The number of likely N-dealkylation sites (tertiary alicyclic amines) is 1. The minimum absolute atomic E-state index is 0.0210. The van der Waals surface area contributed by atoms with Crippen LogP contribution in [0.5, 0.6) is 5.75 Å². The molecule has 3 aliphatic rings. The molecule has 0 unspecified atom stereocenters. The summed E-state index contributed by atoms with van der Waals surface area (Å²) in [6.07, 6.45) is -5.43. The lowest BCUT2D eigenvalue weighted by Crippen LogP contribution is -2.44. The fourth-order valence-electron chi connectivity index (χ4n) is 6.61. The van der Waals surface area contributed by atoms with Crippen molar-refractivity contribution in [2.75, 3.05) is 44.2 Å². The number of nitrogens with zero attached hydrogens (tertiary/aromatic N) is 4. The summed E-state index contributed by atoms with van der Waals surface area (Å²) in [4.78, 5) is 25.1. The number of hydrogen-bond donors (Lipinski definition) is 0. The third-order valence-corrected chi connectivity index (χ3v) is 9.50. The van der Waals surface area contributed by atoms with Crippen molar-refractivity contribution >= 4 is 34.9 Å². The SMILES string of the molecule is O=C1c2c(cc(N3CCC(N4CCCC4)CC3)nc2-c2ccc(Cl)cc2Cl)OCCCN1Cc1cc(C(F)(F)F)cc(C(F)(F)F)c1. The predicted octanol–water partition coefficient (Wildman–Crippen LogP) is 8.58. The number of halogens is 8. The van der Waals surface area contributed by atoms with Crippen LogP contribution in [-0.4, -0.2) is 66.1 Å². The highest BCUT2D eigenvalue weighted by molar-refractivity contribution is 6.36. The van der Waals surface area contributed by atoms with E-state index in [1.165, 1.54) is 23.8 Å². The Hall–Kier alpha value is -3.22. The summed E-state index contributed by atoms with van der Waals surface area (Å²) in [6, 6.07) is 8.25. The summed E-state index contributed by atoms with van der Waals surface area (Å²) in [5, 5.41) is 0.571. The van der Waals surface area contributed by atoms with Crippen molar-refractivity contribution in [3.8, 4) is 17.0 Å². The van der Waals surface area contributed by atoms with Gasteiger partial charge in [-0.15, -0.1) is 0 Å². The van der Waals surface area contributed by atoms with Crippen LogP contribution in [0.2, 0.25) is 10.0 Å². The first kappa shape index (κ1) is 33.7. The molecule has 3 aliphatic heterocycles. The van der Waals surface area contributed by atoms with Gasteiger partial charge in [-0.25, -0.2) is 4.98 Å². The second kappa shape index (κ2) is 13.4. The Kier molecular flexibility index (Phi) is 9.57. The van der Waals surface area contributed by atoms with Crippen molar-refractivity contribution in [1.82, 2.24) is 14.8 Å². The maximum absolute atomic E-state index is 14.3. The largest absolute Gasteiger partial charge is 0.492 e. The predicted molar refractivity (Wildman–Crippen MR) is 167 cm³/mol. The van der Waals surface area contributed by atoms with Crippen LogP contribution in [0.1, 0.15) is 59.2 Å². The number of fused-ring (bicyclic) bond motifs is 1. The summed E-state index contributed by atoms with van der Waals surface area (Å²) in [6.45, 7) is 3.36. The van der Waals surface area contributed by atoms with Crippen molar-refractivity contribution in [3.05, 3.63) is 74.8 Å². The van der Waals surface area contributed by atoms with Crippen LogP contribution < -0.4 is 9.64 Å². The molecule has 14 heteroatoms. The molecule has 0 atom stereocenters. The Balaban J connectivity index is 1.39. The highest BCUT2D eigenvalue weighted by Gasteiger charge is 2.38. The Morgan fingerprint density at radius 2 is 1.49 bits per heavy atom. The number of pyridine rings is 1. The number of alkyl halides is 6. The van der Waals surface area contributed by atoms with Gasteiger partial charge in [0.05, 0.1) is 28.5 Å². The third kappa shape index (κ3) is 7.44. The fraction of sp³-hybridized carbons (Fsp3) is 0.455. The number of anilines is 1. The maximum atomic E-state index is 14.3. The molecule has 6 nitrogen and oxygen atoms in total. The Labute approximate surface area is 278 Å². The van der Waals surface area contributed by atoms with Crippen LogP contribution in [0.25, 0.3) is 11.3 Å². The number of ether oxygens (including phenoxy) is 1. The lowest BCUT2D eigenvalue weighted by Gasteiger charge is -2.37. The minimum atomic E-state index is -5.02. The van der Waals surface area contributed by atoms with E-state index in [0.29, 0.717) is 41.0 Å². The van der Waals surface area contributed by atoms with E-state index < -0.39 is 35.9 Å². The van der Waals surface area contributed by atoms with E-state index in [-0.39, 0.29) is 46.8 Å². The van der Waals surface area contributed by atoms with Gasteiger partial charge in [0.15, 0.2) is 0 Å². The fourth-order valence-corrected chi connectivity index (χ4v) is 7.11. The number of aromatic nitrogens is 1. The zero-order chi connectivity index (χ0) is 33.5. The van der Waals surface area contributed by atoms with Gasteiger partial charge in [0.1, 0.15) is 17.1 Å². The Bertz CT molecular complexity index is 1600. The van der Waals surface area contributed by atoms with E-state index in [2.05, 4.69) is 9.80 Å². The molecule has 2 aromatic carbocycles. The molecule has 0 saturated carbocycles. The normalized spacial score (nSPS) is 18.6. The van der Waals surface area contributed by atoms with Crippen molar-refractivity contribution in [2.24, 2.45) is 0 Å². The molecule has 2 fully saturated rings. The molecule has 6 rings (SSSR count).